The zero-order chi connectivity index (χ0) is 46.5. The highest BCUT2D eigenvalue weighted by Crippen LogP contribution is 2.47. The summed E-state index contributed by atoms with van der Waals surface area (Å²) in [6.07, 6.45) is 0. The summed E-state index contributed by atoms with van der Waals surface area (Å²) >= 11 is 0. The third kappa shape index (κ3) is 6.91. The Kier molecular flexibility index (Phi) is 9.60. The fourth-order valence-corrected chi connectivity index (χ4v) is 10.7. The topological polar surface area (TPSA) is 22.9 Å². The number of nitrogens with zero attached hydrogens (tertiary/aromatic N) is 3. The Morgan fingerprint density at radius 2 is 0.971 bits per heavy atom. The Bertz CT molecular complexity index is 3510. The summed E-state index contributed by atoms with van der Waals surface area (Å²) in [5, 5.41) is 2.29. The lowest BCUT2D eigenvalue weighted by atomic mass is 9.33. The van der Waals surface area contributed by atoms with Crippen LogP contribution in [0.25, 0.3) is 33.1 Å². The molecule has 1 aromatic heterocycles. The Morgan fingerprint density at radius 1 is 0.412 bits per heavy atom. The Balaban J connectivity index is 1.07. The first kappa shape index (κ1) is 41.7. The second kappa shape index (κ2) is 15.7. The first-order chi connectivity index (χ1) is 32.9. The second-order valence-electron chi connectivity index (χ2n) is 20.7. The van der Waals surface area contributed by atoms with E-state index < -0.39 is 0 Å². The molecule has 0 radical (unpaired) electrons. The molecule has 0 bridgehead atoms. The molecular weight excluding hydrogens is 826 g/mol. The molecule has 12 rings (SSSR count). The molecule has 0 aliphatic carbocycles. The SMILES string of the molecule is Cc1cc2c3c(c1)N(c1ccc(C(C)(C)C)cc1)c1cc(N(c4ccccc4)c4ccccc4)ccc1B3c1cc(C(C)(C)C)ccc1N2c1ccc(-c2ccc3c(c2)oc2ccccc23)cc1. The Morgan fingerprint density at radius 3 is 1.62 bits per heavy atom. The van der Waals surface area contributed by atoms with Crippen molar-refractivity contribution in [1.29, 1.82) is 0 Å². The zero-order valence-electron chi connectivity index (χ0n) is 39.9. The van der Waals surface area contributed by atoms with Gasteiger partial charge in [0, 0.05) is 62.0 Å². The first-order valence-electron chi connectivity index (χ1n) is 23.9. The normalized spacial score (nSPS) is 13.1. The summed E-state index contributed by atoms with van der Waals surface area (Å²) in [4.78, 5) is 7.43. The van der Waals surface area contributed by atoms with Crippen molar-refractivity contribution in [1.82, 2.24) is 0 Å². The van der Waals surface area contributed by atoms with Crippen molar-refractivity contribution in [3.05, 3.63) is 217 Å². The molecule has 0 unspecified atom stereocenters. The van der Waals surface area contributed by atoms with Gasteiger partial charge < -0.3 is 19.1 Å². The van der Waals surface area contributed by atoms with Crippen molar-refractivity contribution in [3.8, 4) is 11.1 Å². The van der Waals surface area contributed by atoms with Gasteiger partial charge in [-0.1, -0.05) is 145 Å². The van der Waals surface area contributed by atoms with Crippen LogP contribution in [-0.4, -0.2) is 6.71 Å². The van der Waals surface area contributed by atoms with E-state index in [2.05, 4.69) is 251 Å². The van der Waals surface area contributed by atoms with Gasteiger partial charge in [-0.2, -0.15) is 0 Å². The third-order valence-corrected chi connectivity index (χ3v) is 14.2. The van der Waals surface area contributed by atoms with Crippen LogP contribution in [0.4, 0.5) is 51.2 Å². The van der Waals surface area contributed by atoms with Crippen LogP contribution in [0.5, 0.6) is 0 Å². The molecule has 9 aromatic carbocycles. The third-order valence-electron chi connectivity index (χ3n) is 14.2. The number of aryl methyl sites for hydroxylation is 1. The predicted molar refractivity (Wildman–Crippen MR) is 290 cm³/mol. The van der Waals surface area contributed by atoms with Crippen LogP contribution >= 0.6 is 0 Å². The van der Waals surface area contributed by atoms with Gasteiger partial charge in [0.25, 0.3) is 6.71 Å². The van der Waals surface area contributed by atoms with E-state index in [0.29, 0.717) is 0 Å². The van der Waals surface area contributed by atoms with E-state index in [1.54, 1.807) is 0 Å². The monoisotopic (exact) mass is 879 g/mol. The highest BCUT2D eigenvalue weighted by Gasteiger charge is 2.44. The minimum Gasteiger partial charge on any atom is -0.456 e. The van der Waals surface area contributed by atoms with Gasteiger partial charge in [0.1, 0.15) is 11.2 Å². The molecule has 0 saturated carbocycles. The van der Waals surface area contributed by atoms with Crippen molar-refractivity contribution in [2.45, 2.75) is 59.3 Å². The summed E-state index contributed by atoms with van der Waals surface area (Å²) in [5.41, 5.74) is 22.2. The fraction of sp³-hybridized carbons (Fsp3) is 0.143. The molecule has 68 heavy (non-hydrogen) atoms. The van der Waals surface area contributed by atoms with Gasteiger partial charge in [0.15, 0.2) is 0 Å². The van der Waals surface area contributed by atoms with Gasteiger partial charge in [-0.3, -0.25) is 0 Å². The summed E-state index contributed by atoms with van der Waals surface area (Å²) in [6, 6.07) is 74.0. The molecule has 3 heterocycles. The van der Waals surface area contributed by atoms with Crippen LogP contribution in [0.3, 0.4) is 0 Å². The molecule has 0 amide bonds. The molecule has 0 spiro atoms. The fourth-order valence-electron chi connectivity index (χ4n) is 10.7. The van der Waals surface area contributed by atoms with Crippen molar-refractivity contribution in [2.75, 3.05) is 14.7 Å². The quantitative estimate of drug-likeness (QED) is 0.155. The maximum Gasteiger partial charge on any atom is 0.252 e. The number of benzene rings is 9. The van der Waals surface area contributed by atoms with Crippen LogP contribution in [0, 0.1) is 6.92 Å². The van der Waals surface area contributed by atoms with Gasteiger partial charge in [-0.25, -0.2) is 0 Å². The molecule has 2 aliphatic heterocycles. The van der Waals surface area contributed by atoms with E-state index in [-0.39, 0.29) is 17.5 Å². The lowest BCUT2D eigenvalue weighted by molar-refractivity contribution is 0.590. The smallest absolute Gasteiger partial charge is 0.252 e. The zero-order valence-corrected chi connectivity index (χ0v) is 39.9. The van der Waals surface area contributed by atoms with E-state index in [1.807, 2.05) is 12.1 Å². The van der Waals surface area contributed by atoms with Gasteiger partial charge in [-0.15, -0.1) is 0 Å². The minimum atomic E-state index is -0.0487. The lowest BCUT2D eigenvalue weighted by Gasteiger charge is -2.45. The minimum absolute atomic E-state index is 0.0139. The predicted octanol–water partition coefficient (Wildman–Crippen LogP) is 15.7. The Labute approximate surface area is 400 Å². The van der Waals surface area contributed by atoms with Crippen molar-refractivity contribution in [2.24, 2.45) is 0 Å². The number of furan rings is 1. The average molecular weight is 880 g/mol. The van der Waals surface area contributed by atoms with E-state index in [9.17, 15) is 0 Å². The van der Waals surface area contributed by atoms with E-state index >= 15 is 0 Å². The van der Waals surface area contributed by atoms with Gasteiger partial charge in [0.2, 0.25) is 0 Å². The molecule has 2 aliphatic rings. The molecule has 4 nitrogen and oxygen atoms in total. The lowest BCUT2D eigenvalue weighted by Crippen LogP contribution is -2.61. The van der Waals surface area contributed by atoms with Crippen LogP contribution < -0.4 is 31.1 Å². The molecule has 0 atom stereocenters. The van der Waals surface area contributed by atoms with Crippen molar-refractivity contribution in [3.63, 3.8) is 0 Å². The average Bonchev–Trinajstić information content (AvgIpc) is 3.72. The van der Waals surface area contributed by atoms with E-state index in [4.69, 9.17) is 4.42 Å². The van der Waals surface area contributed by atoms with Crippen molar-refractivity contribution >= 4 is 96.2 Å². The number of anilines is 9. The maximum atomic E-state index is 6.32. The molecule has 10 aromatic rings. The first-order valence-corrected chi connectivity index (χ1v) is 23.9. The van der Waals surface area contributed by atoms with Crippen molar-refractivity contribution < 1.29 is 4.42 Å². The molecule has 0 fully saturated rings. The van der Waals surface area contributed by atoms with Crippen LogP contribution in [-0.2, 0) is 10.8 Å². The van der Waals surface area contributed by atoms with E-state index in [1.165, 1.54) is 55.8 Å². The number of hydrogen-bond acceptors (Lipinski definition) is 4. The van der Waals surface area contributed by atoms with Crippen LogP contribution in [0.2, 0.25) is 0 Å². The van der Waals surface area contributed by atoms with Crippen LogP contribution in [0.15, 0.2) is 205 Å². The molecule has 0 saturated heterocycles. The molecule has 330 valence electrons. The number of rotatable bonds is 6. The maximum absolute atomic E-state index is 6.32. The van der Waals surface area contributed by atoms with Gasteiger partial charge in [0.05, 0.1) is 0 Å². The second-order valence-corrected chi connectivity index (χ2v) is 20.7. The van der Waals surface area contributed by atoms with Gasteiger partial charge in [-0.05, 0) is 159 Å². The summed E-state index contributed by atoms with van der Waals surface area (Å²) in [5.74, 6) is 0. The standard InChI is InChI=1S/C63H54BN3O/c1-41-36-57-61-58(37-41)67(49-30-25-44(26-31-49)62(2,3)4)56-40-50(65(46-16-10-8-11-17-46)47-18-12-9-13-19-47)32-34-53(56)64(61)54-39-45(63(5,6)7)27-35-55(54)66(57)48-28-22-42(23-29-48)43-24-33-52-51-20-14-15-21-59(51)68-60(52)38-43/h8-40H,1-7H3. The Hall–Kier alpha value is -7.76. The number of hydrogen-bond donors (Lipinski definition) is 0. The molecular formula is C63H54BN3O. The number of fused-ring (bicyclic) bond motifs is 7. The highest BCUT2D eigenvalue weighted by molar-refractivity contribution is 7.00. The molecule has 0 N–H and O–H groups in total. The summed E-state index contributed by atoms with van der Waals surface area (Å²) in [6.45, 7) is 16.1. The highest BCUT2D eigenvalue weighted by atomic mass is 16.3. The molecule has 5 heteroatoms. The summed E-state index contributed by atoms with van der Waals surface area (Å²) in [7, 11) is 0. The largest absolute Gasteiger partial charge is 0.456 e. The summed E-state index contributed by atoms with van der Waals surface area (Å²) < 4.78 is 6.32. The van der Waals surface area contributed by atoms with Crippen LogP contribution in [0.1, 0.15) is 58.2 Å². The number of para-hydroxylation sites is 3. The van der Waals surface area contributed by atoms with Gasteiger partial charge >= 0.3 is 0 Å². The van der Waals surface area contributed by atoms with E-state index in [0.717, 1.165) is 61.5 Å².